The number of nitrogens with one attached hydrogen (secondary N) is 3. The first-order chi connectivity index (χ1) is 16.5. The molecule has 178 valence electrons. The molecule has 1 aliphatic rings. The Morgan fingerprint density at radius 1 is 1.09 bits per heavy atom. The summed E-state index contributed by atoms with van der Waals surface area (Å²) in [4.78, 5) is 31.5. The van der Waals surface area contributed by atoms with Crippen LogP contribution in [0.1, 0.15) is 24.1 Å². The lowest BCUT2D eigenvalue weighted by Gasteiger charge is -2.32. The molecule has 0 unspecified atom stereocenters. The van der Waals surface area contributed by atoms with Crippen LogP contribution in [0, 0.1) is 12.7 Å². The van der Waals surface area contributed by atoms with Crippen LogP contribution in [0.25, 0.3) is 10.9 Å². The number of aromatic nitrogens is 1. The molecule has 34 heavy (non-hydrogen) atoms. The summed E-state index contributed by atoms with van der Waals surface area (Å²) in [6.45, 7) is 4.91. The third-order valence-corrected chi connectivity index (χ3v) is 6.04. The second-order valence-electron chi connectivity index (χ2n) is 8.70. The number of fused-ring (bicyclic) bond motifs is 1. The zero-order chi connectivity index (χ0) is 23.9. The highest BCUT2D eigenvalue weighted by molar-refractivity contribution is 6.00. The number of hydrogen-bond acceptors (Lipinski definition) is 4. The fourth-order valence-corrected chi connectivity index (χ4v) is 4.27. The first-order valence-electron chi connectivity index (χ1n) is 11.6. The van der Waals surface area contributed by atoms with Crippen molar-refractivity contribution in [2.75, 3.05) is 31.5 Å². The lowest BCUT2D eigenvalue weighted by molar-refractivity contribution is -0.121. The Morgan fingerprint density at radius 3 is 2.59 bits per heavy atom. The third kappa shape index (κ3) is 6.51. The molecule has 1 saturated heterocycles. The Kier molecular flexibility index (Phi) is 7.69. The van der Waals surface area contributed by atoms with Gasteiger partial charge in [-0.3, -0.25) is 9.78 Å². The molecule has 0 spiro atoms. The van der Waals surface area contributed by atoms with Crippen molar-refractivity contribution < 1.29 is 14.0 Å². The summed E-state index contributed by atoms with van der Waals surface area (Å²) in [7, 11) is 0. The minimum Gasteiger partial charge on any atom is -0.353 e. The van der Waals surface area contributed by atoms with Crippen molar-refractivity contribution in [1.29, 1.82) is 0 Å². The molecule has 8 heteroatoms. The normalized spacial score (nSPS) is 14.6. The molecule has 0 atom stereocenters. The first kappa shape index (κ1) is 23.6. The Labute approximate surface area is 198 Å². The van der Waals surface area contributed by atoms with Crippen LogP contribution in [-0.4, -0.2) is 54.0 Å². The highest BCUT2D eigenvalue weighted by Crippen LogP contribution is 2.22. The summed E-state index contributed by atoms with van der Waals surface area (Å²) >= 11 is 0. The highest BCUT2D eigenvalue weighted by atomic mass is 19.1. The molecule has 1 aromatic heterocycles. The smallest absolute Gasteiger partial charge is 0.319 e. The molecule has 1 aliphatic heterocycles. The van der Waals surface area contributed by atoms with Gasteiger partial charge in [0.25, 0.3) is 0 Å². The van der Waals surface area contributed by atoms with E-state index in [9.17, 15) is 14.0 Å². The average molecular weight is 464 g/mol. The van der Waals surface area contributed by atoms with Gasteiger partial charge in [-0.25, -0.2) is 9.18 Å². The molecule has 0 bridgehead atoms. The SMILES string of the molecule is Cc1cc(NC(=O)NCCN2CCC(NC(=O)Cc3ccc(F)cc3)CC2)c2ccccc2n1. The Balaban J connectivity index is 1.16. The van der Waals surface area contributed by atoms with Gasteiger partial charge in [0.2, 0.25) is 5.91 Å². The minimum absolute atomic E-state index is 0.0396. The number of likely N-dealkylation sites (tertiary alicyclic amines) is 1. The predicted molar refractivity (Wildman–Crippen MR) is 131 cm³/mol. The number of para-hydroxylation sites is 1. The molecular weight excluding hydrogens is 433 g/mol. The summed E-state index contributed by atoms with van der Waals surface area (Å²) in [5.74, 6) is -0.341. The molecule has 3 aromatic rings. The number of piperidine rings is 1. The molecule has 4 rings (SSSR count). The van der Waals surface area contributed by atoms with E-state index in [1.165, 1.54) is 12.1 Å². The molecule has 1 fully saturated rings. The number of urea groups is 1. The summed E-state index contributed by atoms with van der Waals surface area (Å²) < 4.78 is 13.0. The largest absolute Gasteiger partial charge is 0.353 e. The quantitative estimate of drug-likeness (QED) is 0.500. The second-order valence-corrected chi connectivity index (χ2v) is 8.70. The van der Waals surface area contributed by atoms with Crippen LogP contribution in [-0.2, 0) is 11.2 Å². The molecule has 3 N–H and O–H groups in total. The van der Waals surface area contributed by atoms with Crippen molar-refractivity contribution in [3.8, 4) is 0 Å². The molecular formula is C26H30FN5O2. The second kappa shape index (κ2) is 11.1. The van der Waals surface area contributed by atoms with Gasteiger partial charge < -0.3 is 20.9 Å². The fourth-order valence-electron chi connectivity index (χ4n) is 4.27. The zero-order valence-electron chi connectivity index (χ0n) is 19.3. The van der Waals surface area contributed by atoms with Gasteiger partial charge in [0.05, 0.1) is 17.6 Å². The van der Waals surface area contributed by atoms with Crippen molar-refractivity contribution in [2.24, 2.45) is 0 Å². The van der Waals surface area contributed by atoms with Crippen LogP contribution < -0.4 is 16.0 Å². The maximum absolute atomic E-state index is 13.0. The van der Waals surface area contributed by atoms with E-state index >= 15 is 0 Å². The molecule has 0 aliphatic carbocycles. The molecule has 7 nitrogen and oxygen atoms in total. The Bertz CT molecular complexity index is 1140. The lowest BCUT2D eigenvalue weighted by Crippen LogP contribution is -2.47. The van der Waals surface area contributed by atoms with Gasteiger partial charge in [-0.1, -0.05) is 30.3 Å². The summed E-state index contributed by atoms with van der Waals surface area (Å²) in [5, 5.41) is 9.86. The van der Waals surface area contributed by atoms with Crippen molar-refractivity contribution in [3.05, 3.63) is 71.7 Å². The fraction of sp³-hybridized carbons (Fsp3) is 0.346. The van der Waals surface area contributed by atoms with Gasteiger partial charge in [-0.2, -0.15) is 0 Å². The van der Waals surface area contributed by atoms with Crippen LogP contribution in [0.4, 0.5) is 14.9 Å². The maximum atomic E-state index is 13.0. The van der Waals surface area contributed by atoms with Crippen molar-refractivity contribution in [1.82, 2.24) is 20.5 Å². The number of pyridine rings is 1. The van der Waals surface area contributed by atoms with E-state index in [0.717, 1.165) is 60.3 Å². The standard InChI is InChI=1S/C26H30FN5O2/c1-18-16-24(22-4-2-3-5-23(22)29-18)31-26(34)28-12-15-32-13-10-21(11-14-32)30-25(33)17-19-6-8-20(27)9-7-19/h2-9,16,21H,10-15,17H2,1H3,(H,30,33)(H2,28,29,31,34). The summed E-state index contributed by atoms with van der Waals surface area (Å²) in [6, 6.07) is 15.5. The van der Waals surface area contributed by atoms with E-state index in [4.69, 9.17) is 0 Å². The number of rotatable bonds is 7. The minimum atomic E-state index is -0.301. The van der Waals surface area contributed by atoms with Crippen molar-refractivity contribution >= 4 is 28.5 Å². The van der Waals surface area contributed by atoms with Crippen LogP contribution in [0.5, 0.6) is 0 Å². The number of aryl methyl sites for hydroxylation is 1. The number of anilines is 1. The lowest BCUT2D eigenvalue weighted by atomic mass is 10.0. The summed E-state index contributed by atoms with van der Waals surface area (Å²) in [6.07, 6.45) is 1.99. The number of nitrogens with zero attached hydrogens (tertiary/aromatic N) is 2. The van der Waals surface area contributed by atoms with Gasteiger partial charge in [0, 0.05) is 43.3 Å². The molecule has 2 aromatic carbocycles. The van der Waals surface area contributed by atoms with Crippen molar-refractivity contribution in [3.63, 3.8) is 0 Å². The predicted octanol–water partition coefficient (Wildman–Crippen LogP) is 3.63. The molecule has 0 saturated carbocycles. The number of benzene rings is 2. The monoisotopic (exact) mass is 463 g/mol. The Morgan fingerprint density at radius 2 is 1.82 bits per heavy atom. The number of amides is 3. The van der Waals surface area contributed by atoms with Gasteiger partial charge in [-0.05, 0) is 49.6 Å². The maximum Gasteiger partial charge on any atom is 0.319 e. The number of carbonyl (C=O) groups is 2. The number of halogens is 1. The summed E-state index contributed by atoms with van der Waals surface area (Å²) in [5.41, 5.74) is 3.25. The van der Waals surface area contributed by atoms with E-state index in [0.29, 0.717) is 6.54 Å². The average Bonchev–Trinajstić information content (AvgIpc) is 2.81. The first-order valence-corrected chi connectivity index (χ1v) is 11.6. The van der Waals surface area contributed by atoms with Crippen LogP contribution in [0.3, 0.4) is 0 Å². The molecule has 2 heterocycles. The molecule has 3 amide bonds. The zero-order valence-corrected chi connectivity index (χ0v) is 19.3. The third-order valence-electron chi connectivity index (χ3n) is 6.04. The van der Waals surface area contributed by atoms with Gasteiger partial charge in [-0.15, -0.1) is 0 Å². The van der Waals surface area contributed by atoms with Crippen LogP contribution in [0.15, 0.2) is 54.6 Å². The van der Waals surface area contributed by atoms with E-state index in [-0.39, 0.29) is 30.2 Å². The number of hydrogen-bond donors (Lipinski definition) is 3. The van der Waals surface area contributed by atoms with Crippen LogP contribution in [0.2, 0.25) is 0 Å². The van der Waals surface area contributed by atoms with E-state index in [2.05, 4.69) is 25.8 Å². The topological polar surface area (TPSA) is 86.4 Å². The van der Waals surface area contributed by atoms with Crippen molar-refractivity contribution in [2.45, 2.75) is 32.2 Å². The molecule has 0 radical (unpaired) electrons. The van der Waals surface area contributed by atoms with E-state index < -0.39 is 0 Å². The highest BCUT2D eigenvalue weighted by Gasteiger charge is 2.20. The number of carbonyl (C=O) groups excluding carboxylic acids is 2. The van der Waals surface area contributed by atoms with Crippen LogP contribution >= 0.6 is 0 Å². The van der Waals surface area contributed by atoms with E-state index in [1.54, 1.807) is 12.1 Å². The van der Waals surface area contributed by atoms with E-state index in [1.807, 2.05) is 37.3 Å². The van der Waals surface area contributed by atoms with Gasteiger partial charge in [0.15, 0.2) is 0 Å². The van der Waals surface area contributed by atoms with Gasteiger partial charge >= 0.3 is 6.03 Å². The van der Waals surface area contributed by atoms with Gasteiger partial charge in [0.1, 0.15) is 5.82 Å². The Hall–Kier alpha value is -3.52.